The van der Waals surface area contributed by atoms with Gasteiger partial charge in [-0.1, -0.05) is 57.5 Å². The first kappa shape index (κ1) is 22.2. The minimum absolute atomic E-state index is 0.0615. The van der Waals surface area contributed by atoms with Crippen LogP contribution in [0.4, 0.5) is 0 Å². The first-order chi connectivity index (χ1) is 15.5. The van der Waals surface area contributed by atoms with E-state index >= 15 is 0 Å². The molecule has 0 radical (unpaired) electrons. The summed E-state index contributed by atoms with van der Waals surface area (Å²) in [6, 6.07) is 17.8. The summed E-state index contributed by atoms with van der Waals surface area (Å²) in [5, 5.41) is 11.5. The Morgan fingerprint density at radius 1 is 1.09 bits per heavy atom. The number of halogens is 1. The van der Waals surface area contributed by atoms with Crippen molar-refractivity contribution in [3.63, 3.8) is 0 Å². The molecule has 0 unspecified atom stereocenters. The van der Waals surface area contributed by atoms with Crippen molar-refractivity contribution in [2.24, 2.45) is 0 Å². The zero-order valence-electron chi connectivity index (χ0n) is 18.0. The Kier molecular flexibility index (Phi) is 6.99. The molecule has 0 aliphatic carbocycles. The third-order valence-electron chi connectivity index (χ3n) is 5.78. The van der Waals surface area contributed by atoms with Gasteiger partial charge in [-0.15, -0.1) is 5.10 Å². The number of piperidine rings is 1. The third-order valence-corrected chi connectivity index (χ3v) is 6.27. The lowest BCUT2D eigenvalue weighted by atomic mass is 10.0. The fourth-order valence-corrected chi connectivity index (χ4v) is 4.35. The predicted molar refractivity (Wildman–Crippen MR) is 126 cm³/mol. The Bertz CT molecular complexity index is 1090. The lowest BCUT2D eigenvalue weighted by molar-refractivity contribution is -0.122. The number of rotatable bonds is 6. The van der Waals surface area contributed by atoms with Crippen LogP contribution in [0.5, 0.6) is 0 Å². The summed E-state index contributed by atoms with van der Waals surface area (Å²) in [6.45, 7) is 3.03. The van der Waals surface area contributed by atoms with Crippen molar-refractivity contribution < 1.29 is 9.59 Å². The molecule has 32 heavy (non-hydrogen) atoms. The third kappa shape index (κ3) is 5.24. The van der Waals surface area contributed by atoms with Crippen LogP contribution in [0.1, 0.15) is 41.0 Å². The Balaban J connectivity index is 1.30. The molecule has 2 amide bonds. The van der Waals surface area contributed by atoms with Gasteiger partial charge in [0.1, 0.15) is 0 Å². The van der Waals surface area contributed by atoms with Crippen molar-refractivity contribution in [1.82, 2.24) is 25.2 Å². The van der Waals surface area contributed by atoms with Crippen molar-refractivity contribution in [2.45, 2.75) is 38.6 Å². The summed E-state index contributed by atoms with van der Waals surface area (Å²) in [5.74, 6) is -0.0518. The van der Waals surface area contributed by atoms with E-state index in [1.54, 1.807) is 9.58 Å². The van der Waals surface area contributed by atoms with E-state index in [-0.39, 0.29) is 17.9 Å². The number of carbonyl (C=O) groups is 2. The number of nitrogens with zero attached hydrogens (tertiary/aromatic N) is 4. The Hall–Kier alpha value is -3.00. The monoisotopic (exact) mass is 495 g/mol. The predicted octanol–water partition coefficient (Wildman–Crippen LogP) is 3.69. The molecule has 166 valence electrons. The number of nitrogens with one attached hydrogen (secondary N) is 1. The van der Waals surface area contributed by atoms with Gasteiger partial charge in [0, 0.05) is 30.0 Å². The molecule has 3 aromatic rings. The van der Waals surface area contributed by atoms with E-state index in [1.807, 2.05) is 61.5 Å². The van der Waals surface area contributed by atoms with E-state index in [9.17, 15) is 9.59 Å². The van der Waals surface area contributed by atoms with Gasteiger partial charge in [-0.2, -0.15) is 0 Å². The minimum atomic E-state index is -0.113. The highest BCUT2D eigenvalue weighted by atomic mass is 79.9. The largest absolute Gasteiger partial charge is 0.353 e. The average molecular weight is 496 g/mol. The van der Waals surface area contributed by atoms with Crippen molar-refractivity contribution >= 4 is 27.7 Å². The molecule has 1 aliphatic heterocycles. The van der Waals surface area contributed by atoms with Gasteiger partial charge in [0.2, 0.25) is 5.91 Å². The fraction of sp³-hybridized carbons (Fsp3) is 0.333. The van der Waals surface area contributed by atoms with Crippen LogP contribution in [-0.2, 0) is 11.2 Å². The van der Waals surface area contributed by atoms with Crippen LogP contribution in [0, 0.1) is 6.92 Å². The van der Waals surface area contributed by atoms with Crippen LogP contribution in [0.15, 0.2) is 59.1 Å². The molecule has 1 fully saturated rings. The van der Waals surface area contributed by atoms with Crippen molar-refractivity contribution in [2.75, 3.05) is 13.1 Å². The molecule has 1 N–H and O–H groups in total. The standard InChI is InChI=1S/C24H26BrN5O2/c1-17-23(27-28-30(17)21-9-5-8-19(25)16-21)24(32)29-14-12-20(13-15-29)26-22(31)11-10-18-6-3-2-4-7-18/h2-9,16,20H,10-15H2,1H3,(H,26,31). The van der Waals surface area contributed by atoms with Crippen LogP contribution in [0.3, 0.4) is 0 Å². The van der Waals surface area contributed by atoms with E-state index < -0.39 is 0 Å². The van der Waals surface area contributed by atoms with Gasteiger partial charge in [0.05, 0.1) is 11.4 Å². The van der Waals surface area contributed by atoms with Crippen LogP contribution in [0.25, 0.3) is 5.69 Å². The molecule has 0 saturated carbocycles. The summed E-state index contributed by atoms with van der Waals surface area (Å²) >= 11 is 3.46. The molecule has 1 aliphatic rings. The summed E-state index contributed by atoms with van der Waals surface area (Å²) < 4.78 is 2.61. The smallest absolute Gasteiger partial charge is 0.276 e. The lowest BCUT2D eigenvalue weighted by Gasteiger charge is -2.32. The van der Waals surface area contributed by atoms with Gasteiger partial charge in [0.25, 0.3) is 5.91 Å². The number of amides is 2. The number of hydrogen-bond donors (Lipinski definition) is 1. The fourth-order valence-electron chi connectivity index (χ4n) is 3.96. The molecule has 1 saturated heterocycles. The molecule has 0 bridgehead atoms. The van der Waals surface area contributed by atoms with Crippen LogP contribution < -0.4 is 5.32 Å². The molecular weight excluding hydrogens is 470 g/mol. The number of aromatic nitrogens is 3. The second kappa shape index (κ2) is 10.1. The van der Waals surface area contributed by atoms with Gasteiger partial charge >= 0.3 is 0 Å². The molecule has 2 aromatic carbocycles. The van der Waals surface area contributed by atoms with E-state index in [0.717, 1.165) is 35.0 Å². The topological polar surface area (TPSA) is 80.1 Å². The minimum Gasteiger partial charge on any atom is -0.353 e. The molecule has 0 atom stereocenters. The Morgan fingerprint density at radius 3 is 2.56 bits per heavy atom. The van der Waals surface area contributed by atoms with E-state index in [4.69, 9.17) is 0 Å². The number of carbonyl (C=O) groups excluding carboxylic acids is 2. The van der Waals surface area contributed by atoms with E-state index in [0.29, 0.717) is 30.9 Å². The molecule has 7 nitrogen and oxygen atoms in total. The van der Waals surface area contributed by atoms with Gasteiger partial charge in [-0.25, -0.2) is 4.68 Å². The lowest BCUT2D eigenvalue weighted by Crippen LogP contribution is -2.46. The number of likely N-dealkylation sites (tertiary alicyclic amines) is 1. The number of benzene rings is 2. The maximum Gasteiger partial charge on any atom is 0.276 e. The SMILES string of the molecule is Cc1c(C(=O)N2CCC(NC(=O)CCc3ccccc3)CC2)nnn1-c1cccc(Br)c1. The second-order valence-electron chi connectivity index (χ2n) is 8.03. The van der Waals surface area contributed by atoms with Gasteiger partial charge in [-0.3, -0.25) is 9.59 Å². The highest BCUT2D eigenvalue weighted by Crippen LogP contribution is 2.19. The van der Waals surface area contributed by atoms with Crippen LogP contribution in [0.2, 0.25) is 0 Å². The summed E-state index contributed by atoms with van der Waals surface area (Å²) in [7, 11) is 0. The normalized spacial score (nSPS) is 14.4. The molecule has 8 heteroatoms. The average Bonchev–Trinajstić information content (AvgIpc) is 3.19. The summed E-state index contributed by atoms with van der Waals surface area (Å²) in [5.41, 5.74) is 3.09. The highest BCUT2D eigenvalue weighted by Gasteiger charge is 2.28. The molecule has 4 rings (SSSR count). The van der Waals surface area contributed by atoms with Crippen LogP contribution >= 0.6 is 15.9 Å². The summed E-state index contributed by atoms with van der Waals surface area (Å²) in [6.07, 6.45) is 2.68. The molecule has 0 spiro atoms. The Labute approximate surface area is 195 Å². The van der Waals surface area contributed by atoms with Crippen molar-refractivity contribution in [3.8, 4) is 5.69 Å². The first-order valence-electron chi connectivity index (χ1n) is 10.8. The van der Waals surface area contributed by atoms with E-state index in [2.05, 4.69) is 31.6 Å². The maximum absolute atomic E-state index is 13.0. The first-order valence-corrected chi connectivity index (χ1v) is 11.6. The van der Waals surface area contributed by atoms with Gasteiger partial charge in [-0.05, 0) is 49.9 Å². The summed E-state index contributed by atoms with van der Waals surface area (Å²) in [4.78, 5) is 27.1. The van der Waals surface area contributed by atoms with Crippen molar-refractivity contribution in [3.05, 3.63) is 76.0 Å². The molecular formula is C24H26BrN5O2. The quantitative estimate of drug-likeness (QED) is 0.565. The van der Waals surface area contributed by atoms with E-state index in [1.165, 1.54) is 0 Å². The highest BCUT2D eigenvalue weighted by molar-refractivity contribution is 9.10. The Morgan fingerprint density at radius 2 is 1.84 bits per heavy atom. The van der Waals surface area contributed by atoms with Crippen LogP contribution in [-0.4, -0.2) is 50.8 Å². The maximum atomic E-state index is 13.0. The van der Waals surface area contributed by atoms with Gasteiger partial charge < -0.3 is 10.2 Å². The van der Waals surface area contributed by atoms with Gasteiger partial charge in [0.15, 0.2) is 5.69 Å². The molecule has 2 heterocycles. The molecule has 1 aromatic heterocycles. The second-order valence-corrected chi connectivity index (χ2v) is 8.95. The number of aryl methyl sites for hydroxylation is 1. The zero-order chi connectivity index (χ0) is 22.5. The zero-order valence-corrected chi connectivity index (χ0v) is 19.6. The number of hydrogen-bond acceptors (Lipinski definition) is 4. The van der Waals surface area contributed by atoms with Crippen molar-refractivity contribution in [1.29, 1.82) is 0 Å².